The van der Waals surface area contributed by atoms with Gasteiger partial charge in [-0.3, -0.25) is 4.79 Å². The number of amides is 1. The number of nitrogens with zero attached hydrogens (tertiary/aromatic N) is 1. The van der Waals surface area contributed by atoms with Gasteiger partial charge in [-0.2, -0.15) is 0 Å². The molecule has 1 aromatic rings. The Morgan fingerprint density at radius 1 is 1.52 bits per heavy atom. The molecule has 2 unspecified atom stereocenters. The molecule has 1 heterocycles. The van der Waals surface area contributed by atoms with Crippen molar-refractivity contribution in [2.24, 2.45) is 0 Å². The Hall–Kier alpha value is -1.59. The summed E-state index contributed by atoms with van der Waals surface area (Å²) in [7, 11) is 0. The van der Waals surface area contributed by atoms with Gasteiger partial charge in [-0.1, -0.05) is 25.1 Å². The van der Waals surface area contributed by atoms with Crippen molar-refractivity contribution in [3.8, 4) is 0 Å². The summed E-state index contributed by atoms with van der Waals surface area (Å²) in [5.74, 6) is -0.0167. The van der Waals surface area contributed by atoms with Crippen LogP contribution in [0, 0.1) is 0 Å². The van der Waals surface area contributed by atoms with Crippen molar-refractivity contribution in [1.82, 2.24) is 5.32 Å². The Morgan fingerprint density at radius 3 is 3.00 bits per heavy atom. The summed E-state index contributed by atoms with van der Waals surface area (Å²) in [6.45, 7) is 6.05. The first-order chi connectivity index (χ1) is 10.1. The molecule has 0 radical (unpaired) electrons. The molecular weight excluding hydrogens is 268 g/mol. The lowest BCUT2D eigenvalue weighted by atomic mass is 10.0. The van der Waals surface area contributed by atoms with Crippen LogP contribution in [-0.2, 0) is 9.53 Å². The lowest BCUT2D eigenvalue weighted by Crippen LogP contribution is -2.54. The number of aliphatic hydroxyl groups excluding tert-OH is 1. The molecule has 116 valence electrons. The van der Waals surface area contributed by atoms with Gasteiger partial charge in [0.1, 0.15) is 6.04 Å². The van der Waals surface area contributed by atoms with Crippen LogP contribution in [0.5, 0.6) is 0 Å². The van der Waals surface area contributed by atoms with Crippen LogP contribution in [0.1, 0.15) is 31.9 Å². The van der Waals surface area contributed by atoms with Gasteiger partial charge in [0.2, 0.25) is 5.91 Å². The second-order valence-corrected chi connectivity index (χ2v) is 5.31. The van der Waals surface area contributed by atoms with Crippen LogP contribution in [-0.4, -0.2) is 43.4 Å². The van der Waals surface area contributed by atoms with Crippen molar-refractivity contribution in [3.63, 3.8) is 0 Å². The van der Waals surface area contributed by atoms with Gasteiger partial charge in [0.25, 0.3) is 0 Å². The number of hydrogen-bond acceptors (Lipinski definition) is 4. The normalized spacial score (nSPS) is 20.1. The largest absolute Gasteiger partial charge is 0.389 e. The predicted molar refractivity (Wildman–Crippen MR) is 82.3 cm³/mol. The van der Waals surface area contributed by atoms with Gasteiger partial charge in [0.15, 0.2) is 0 Å². The summed E-state index contributed by atoms with van der Waals surface area (Å²) in [5, 5.41) is 12.9. The monoisotopic (exact) mass is 292 g/mol. The third-order valence-corrected chi connectivity index (χ3v) is 3.68. The molecule has 1 aromatic carbocycles. The van der Waals surface area contributed by atoms with Gasteiger partial charge in [-0.15, -0.1) is 0 Å². The van der Waals surface area contributed by atoms with E-state index in [1.165, 1.54) is 0 Å². The van der Waals surface area contributed by atoms with E-state index in [0.717, 1.165) is 17.7 Å². The Bertz CT molecular complexity index is 476. The van der Waals surface area contributed by atoms with Crippen LogP contribution < -0.4 is 10.2 Å². The molecule has 1 aliphatic heterocycles. The number of carbonyl (C=O) groups excluding carboxylic acids is 1. The fourth-order valence-electron chi connectivity index (χ4n) is 2.58. The summed E-state index contributed by atoms with van der Waals surface area (Å²) in [6, 6.07) is 7.34. The number of benzene rings is 1. The smallest absolute Gasteiger partial charge is 0.245 e. The van der Waals surface area contributed by atoms with E-state index in [2.05, 4.69) is 5.32 Å². The van der Waals surface area contributed by atoms with Crippen LogP contribution in [0.4, 0.5) is 5.69 Å². The molecule has 5 nitrogen and oxygen atoms in total. The minimum absolute atomic E-state index is 0.0167. The molecule has 2 atom stereocenters. The van der Waals surface area contributed by atoms with Crippen LogP contribution in [0.25, 0.3) is 0 Å². The van der Waals surface area contributed by atoms with E-state index in [1.807, 2.05) is 36.1 Å². The summed E-state index contributed by atoms with van der Waals surface area (Å²) in [5.41, 5.74) is 1.75. The second-order valence-electron chi connectivity index (χ2n) is 5.31. The summed E-state index contributed by atoms with van der Waals surface area (Å²) < 4.78 is 5.47. The Kier molecular flexibility index (Phi) is 5.59. The lowest BCUT2D eigenvalue weighted by Gasteiger charge is -2.37. The maximum atomic E-state index is 12.3. The molecule has 2 N–H and O–H groups in total. The molecular formula is C16H24N2O3. The van der Waals surface area contributed by atoms with Gasteiger partial charge in [-0.25, -0.2) is 0 Å². The SMILES string of the molecule is CCCNC(=O)C1COCCN1c1ccccc1C(C)O. The minimum Gasteiger partial charge on any atom is -0.389 e. The predicted octanol–water partition coefficient (Wildman–Crippen LogP) is 1.47. The molecule has 1 saturated heterocycles. The molecule has 1 aliphatic rings. The first-order valence-corrected chi connectivity index (χ1v) is 7.54. The second kappa shape index (κ2) is 7.43. The third-order valence-electron chi connectivity index (χ3n) is 3.68. The average molecular weight is 292 g/mol. The molecule has 5 heteroatoms. The summed E-state index contributed by atoms with van der Waals surface area (Å²) >= 11 is 0. The maximum Gasteiger partial charge on any atom is 0.245 e. The molecule has 0 saturated carbocycles. The number of rotatable bonds is 5. The highest BCUT2D eigenvalue weighted by atomic mass is 16.5. The summed E-state index contributed by atoms with van der Waals surface area (Å²) in [6.07, 6.45) is 0.340. The van der Waals surface area contributed by atoms with E-state index >= 15 is 0 Å². The quantitative estimate of drug-likeness (QED) is 0.863. The number of anilines is 1. The topological polar surface area (TPSA) is 61.8 Å². The molecule has 0 spiro atoms. The van der Waals surface area contributed by atoms with E-state index < -0.39 is 6.10 Å². The Morgan fingerprint density at radius 2 is 2.29 bits per heavy atom. The minimum atomic E-state index is -0.566. The molecule has 21 heavy (non-hydrogen) atoms. The number of carbonyl (C=O) groups is 1. The van der Waals surface area contributed by atoms with E-state index in [-0.39, 0.29) is 11.9 Å². The van der Waals surface area contributed by atoms with Gasteiger partial charge in [0.05, 0.1) is 19.3 Å². The van der Waals surface area contributed by atoms with E-state index in [1.54, 1.807) is 6.92 Å². The number of ether oxygens (including phenoxy) is 1. The van der Waals surface area contributed by atoms with E-state index in [0.29, 0.717) is 26.3 Å². The zero-order valence-electron chi connectivity index (χ0n) is 12.7. The molecule has 0 aromatic heterocycles. The van der Waals surface area contributed by atoms with Gasteiger partial charge >= 0.3 is 0 Å². The highest BCUT2D eigenvalue weighted by Crippen LogP contribution is 2.28. The van der Waals surface area contributed by atoms with Crippen LogP contribution in [0.3, 0.4) is 0 Å². The fraction of sp³-hybridized carbons (Fsp3) is 0.562. The number of hydrogen-bond donors (Lipinski definition) is 2. The van der Waals surface area contributed by atoms with Crippen molar-refractivity contribution < 1.29 is 14.6 Å². The van der Waals surface area contributed by atoms with Crippen molar-refractivity contribution in [1.29, 1.82) is 0 Å². The van der Waals surface area contributed by atoms with Crippen LogP contribution in [0.15, 0.2) is 24.3 Å². The average Bonchev–Trinajstić information content (AvgIpc) is 2.52. The zero-order chi connectivity index (χ0) is 15.2. The van der Waals surface area contributed by atoms with Crippen molar-refractivity contribution in [2.75, 3.05) is 31.2 Å². The molecule has 0 bridgehead atoms. The number of morpholine rings is 1. The molecule has 1 fully saturated rings. The Labute approximate surface area is 125 Å². The third kappa shape index (κ3) is 3.74. The lowest BCUT2D eigenvalue weighted by molar-refractivity contribution is -0.124. The number of aliphatic hydroxyl groups is 1. The fourth-order valence-corrected chi connectivity index (χ4v) is 2.58. The molecule has 0 aliphatic carbocycles. The van der Waals surface area contributed by atoms with Gasteiger partial charge in [0, 0.05) is 24.3 Å². The zero-order valence-corrected chi connectivity index (χ0v) is 12.7. The van der Waals surface area contributed by atoms with Crippen molar-refractivity contribution >= 4 is 11.6 Å². The van der Waals surface area contributed by atoms with Crippen LogP contribution in [0.2, 0.25) is 0 Å². The summed E-state index contributed by atoms with van der Waals surface area (Å²) in [4.78, 5) is 14.4. The first-order valence-electron chi connectivity index (χ1n) is 7.54. The standard InChI is InChI=1S/C16H24N2O3/c1-3-8-17-16(20)15-11-21-10-9-18(15)14-7-5-4-6-13(14)12(2)19/h4-7,12,15,19H,3,8-11H2,1-2H3,(H,17,20). The van der Waals surface area contributed by atoms with Crippen molar-refractivity contribution in [2.45, 2.75) is 32.4 Å². The highest BCUT2D eigenvalue weighted by Gasteiger charge is 2.30. The molecule has 2 rings (SSSR count). The van der Waals surface area contributed by atoms with E-state index in [9.17, 15) is 9.90 Å². The first kappa shape index (κ1) is 15.8. The van der Waals surface area contributed by atoms with Crippen molar-refractivity contribution in [3.05, 3.63) is 29.8 Å². The van der Waals surface area contributed by atoms with E-state index in [4.69, 9.17) is 4.74 Å². The Balaban J connectivity index is 2.24. The van der Waals surface area contributed by atoms with Gasteiger partial charge < -0.3 is 20.1 Å². The number of nitrogens with one attached hydrogen (secondary N) is 1. The number of para-hydroxylation sites is 1. The highest BCUT2D eigenvalue weighted by molar-refractivity contribution is 5.86. The molecule has 1 amide bonds. The van der Waals surface area contributed by atoms with Gasteiger partial charge in [-0.05, 0) is 19.4 Å². The van der Waals surface area contributed by atoms with Crippen LogP contribution >= 0.6 is 0 Å². The maximum absolute atomic E-state index is 12.3.